The molecule has 1 atom stereocenters. The number of nitrogens with zero attached hydrogens (tertiary/aromatic N) is 2. The fraction of sp³-hybridized carbons (Fsp3) is 0.400. The van der Waals surface area contributed by atoms with Crippen molar-refractivity contribution in [2.24, 2.45) is 5.41 Å². The summed E-state index contributed by atoms with van der Waals surface area (Å²) in [6.45, 7) is 3.04. The SMILES string of the molecule is CCC1(C(=O)N(CC(=O)Nc2ccc3c(c2)C[C@@]2(C3)C(=O)Nc3ncccc32)Cc2ccccc2COC(=O)NC)CCOCC1. The Balaban J connectivity index is 1.21. The van der Waals surface area contributed by atoms with E-state index in [1.807, 2.05) is 61.5 Å². The highest BCUT2D eigenvalue weighted by molar-refractivity contribution is 6.06. The normalized spacial score (nSPS) is 19.1. The standard InChI is InChI=1S/C35H39N5O6/c1-3-34(12-15-45-16-13-34)32(43)40(20-24-7-4-5-8-25(24)22-46-33(44)36-2)21-29(41)38-27-11-10-23-18-35(19-26(23)17-27)28-9-6-14-37-30(28)39-31(35)42/h4-11,14,17H,3,12-13,15-16,18-22H2,1-2H3,(H,36,44)(H,38,41)(H,37,39,42)/t35-/m1/s1. The third-order valence-electron chi connectivity index (χ3n) is 9.71. The number of pyridine rings is 1. The van der Waals surface area contributed by atoms with Crippen molar-refractivity contribution in [2.75, 3.05) is 37.4 Å². The highest BCUT2D eigenvalue weighted by Crippen LogP contribution is 2.47. The molecule has 0 bridgehead atoms. The number of benzene rings is 2. The number of carbonyl (C=O) groups excluding carboxylic acids is 4. The van der Waals surface area contributed by atoms with Crippen LogP contribution in [0.1, 0.15) is 54.0 Å². The monoisotopic (exact) mass is 625 g/mol. The van der Waals surface area contributed by atoms with Gasteiger partial charge in [-0.1, -0.05) is 43.3 Å². The van der Waals surface area contributed by atoms with Gasteiger partial charge >= 0.3 is 6.09 Å². The second-order valence-electron chi connectivity index (χ2n) is 12.3. The maximum absolute atomic E-state index is 14.2. The summed E-state index contributed by atoms with van der Waals surface area (Å²) in [6, 6.07) is 17.0. The minimum absolute atomic E-state index is 0.0337. The van der Waals surface area contributed by atoms with Crippen LogP contribution < -0.4 is 16.0 Å². The zero-order valence-corrected chi connectivity index (χ0v) is 26.2. The van der Waals surface area contributed by atoms with Crippen LogP contribution in [0.15, 0.2) is 60.8 Å². The van der Waals surface area contributed by atoms with Gasteiger partial charge in [0.2, 0.25) is 17.7 Å². The summed E-state index contributed by atoms with van der Waals surface area (Å²) < 4.78 is 10.9. The predicted molar refractivity (Wildman–Crippen MR) is 171 cm³/mol. The molecule has 1 aromatic heterocycles. The molecule has 2 aliphatic heterocycles. The molecule has 240 valence electrons. The maximum Gasteiger partial charge on any atom is 0.407 e. The van der Waals surface area contributed by atoms with Gasteiger partial charge in [-0.15, -0.1) is 0 Å². The fourth-order valence-electron chi connectivity index (χ4n) is 7.01. The second-order valence-corrected chi connectivity index (χ2v) is 12.3. The van der Waals surface area contributed by atoms with Gasteiger partial charge in [-0.3, -0.25) is 14.4 Å². The lowest BCUT2D eigenvalue weighted by atomic mass is 9.76. The summed E-state index contributed by atoms with van der Waals surface area (Å²) in [5, 5.41) is 8.37. The van der Waals surface area contributed by atoms with E-state index in [9.17, 15) is 19.2 Å². The van der Waals surface area contributed by atoms with Gasteiger partial charge in [-0.25, -0.2) is 9.78 Å². The number of alkyl carbamates (subject to hydrolysis) is 1. The lowest BCUT2D eigenvalue weighted by Gasteiger charge is -2.39. The molecule has 1 saturated heterocycles. The van der Waals surface area contributed by atoms with Crippen LogP contribution in [0, 0.1) is 5.41 Å². The molecular weight excluding hydrogens is 586 g/mol. The van der Waals surface area contributed by atoms with Crippen molar-refractivity contribution in [3.63, 3.8) is 0 Å². The molecule has 1 aliphatic carbocycles. The Morgan fingerprint density at radius 1 is 1.02 bits per heavy atom. The van der Waals surface area contributed by atoms with Crippen LogP contribution in [0.25, 0.3) is 0 Å². The Labute approximate surface area is 268 Å². The first-order valence-electron chi connectivity index (χ1n) is 15.7. The first-order chi connectivity index (χ1) is 22.3. The maximum atomic E-state index is 14.2. The number of amides is 4. The second kappa shape index (κ2) is 12.9. The largest absolute Gasteiger partial charge is 0.445 e. The average Bonchev–Trinajstić information content (AvgIpc) is 3.59. The molecule has 11 heteroatoms. The number of rotatable bonds is 9. The number of hydrogen-bond acceptors (Lipinski definition) is 7. The number of anilines is 2. The molecule has 2 aromatic carbocycles. The van der Waals surface area contributed by atoms with E-state index in [2.05, 4.69) is 20.9 Å². The molecule has 46 heavy (non-hydrogen) atoms. The summed E-state index contributed by atoms with van der Waals surface area (Å²) in [5.74, 6) is 0.128. The number of nitrogens with one attached hydrogen (secondary N) is 3. The van der Waals surface area contributed by atoms with Crippen LogP contribution in [0.4, 0.5) is 16.3 Å². The van der Waals surface area contributed by atoms with Crippen molar-refractivity contribution in [1.29, 1.82) is 0 Å². The molecule has 0 saturated carbocycles. The summed E-state index contributed by atoms with van der Waals surface area (Å²) >= 11 is 0. The van der Waals surface area contributed by atoms with Gasteiger partial charge in [0.25, 0.3) is 0 Å². The van der Waals surface area contributed by atoms with E-state index < -0.39 is 16.9 Å². The molecule has 6 rings (SSSR count). The first kappa shape index (κ1) is 31.2. The van der Waals surface area contributed by atoms with Crippen LogP contribution in [0.5, 0.6) is 0 Å². The average molecular weight is 626 g/mol. The van der Waals surface area contributed by atoms with E-state index in [0.29, 0.717) is 56.8 Å². The molecule has 3 N–H and O–H groups in total. The third-order valence-corrected chi connectivity index (χ3v) is 9.71. The number of fused-ring (bicyclic) bond motifs is 3. The highest BCUT2D eigenvalue weighted by atomic mass is 16.5. The lowest BCUT2D eigenvalue weighted by Crippen LogP contribution is -2.48. The van der Waals surface area contributed by atoms with Crippen LogP contribution in [-0.2, 0) is 55.3 Å². The highest BCUT2D eigenvalue weighted by Gasteiger charge is 2.51. The topological polar surface area (TPSA) is 139 Å². The Morgan fingerprint density at radius 3 is 2.54 bits per heavy atom. The number of aromatic nitrogens is 1. The molecule has 0 radical (unpaired) electrons. The zero-order valence-electron chi connectivity index (χ0n) is 26.2. The quantitative estimate of drug-likeness (QED) is 0.326. The molecule has 0 unspecified atom stereocenters. The summed E-state index contributed by atoms with van der Waals surface area (Å²) in [4.78, 5) is 58.7. The van der Waals surface area contributed by atoms with Crippen molar-refractivity contribution in [3.8, 4) is 0 Å². The molecule has 3 aromatic rings. The van der Waals surface area contributed by atoms with Gasteiger partial charge in [-0.05, 0) is 72.6 Å². The van der Waals surface area contributed by atoms with Crippen molar-refractivity contribution < 1.29 is 28.7 Å². The Bertz CT molecular complexity index is 1670. The van der Waals surface area contributed by atoms with Crippen molar-refractivity contribution >= 4 is 35.3 Å². The van der Waals surface area contributed by atoms with E-state index in [-0.39, 0.29) is 37.4 Å². The third kappa shape index (κ3) is 5.94. The minimum atomic E-state index is -0.704. The Morgan fingerprint density at radius 2 is 1.78 bits per heavy atom. The smallest absolute Gasteiger partial charge is 0.407 e. The van der Waals surface area contributed by atoms with Gasteiger partial charge in [0.1, 0.15) is 19.0 Å². The zero-order chi connectivity index (χ0) is 32.3. The molecule has 4 amide bonds. The van der Waals surface area contributed by atoms with Crippen molar-refractivity contribution in [3.05, 3.63) is 88.6 Å². The van der Waals surface area contributed by atoms with Gasteiger partial charge < -0.3 is 30.3 Å². The number of hydrogen-bond donors (Lipinski definition) is 3. The van der Waals surface area contributed by atoms with Gasteiger partial charge in [-0.2, -0.15) is 0 Å². The van der Waals surface area contributed by atoms with E-state index in [0.717, 1.165) is 27.8 Å². The molecule has 1 fully saturated rings. The summed E-state index contributed by atoms with van der Waals surface area (Å²) in [7, 11) is 1.49. The van der Waals surface area contributed by atoms with Gasteiger partial charge in [0.15, 0.2) is 0 Å². The van der Waals surface area contributed by atoms with E-state index in [4.69, 9.17) is 9.47 Å². The van der Waals surface area contributed by atoms with Crippen molar-refractivity contribution in [1.82, 2.24) is 15.2 Å². The lowest BCUT2D eigenvalue weighted by molar-refractivity contribution is -0.150. The molecule has 1 spiro atoms. The van der Waals surface area contributed by atoms with Gasteiger partial charge in [0.05, 0.1) is 10.8 Å². The summed E-state index contributed by atoms with van der Waals surface area (Å²) in [5.41, 5.74) is 3.77. The fourth-order valence-corrected chi connectivity index (χ4v) is 7.01. The number of ether oxygens (including phenoxy) is 2. The van der Waals surface area contributed by atoms with E-state index in [1.165, 1.54) is 7.05 Å². The minimum Gasteiger partial charge on any atom is -0.445 e. The Hall–Kier alpha value is -4.77. The summed E-state index contributed by atoms with van der Waals surface area (Å²) in [6.07, 6.45) is 3.99. The van der Waals surface area contributed by atoms with Crippen LogP contribution in [-0.4, -0.2) is 60.5 Å². The van der Waals surface area contributed by atoms with Crippen LogP contribution in [0.3, 0.4) is 0 Å². The van der Waals surface area contributed by atoms with Crippen molar-refractivity contribution in [2.45, 2.75) is 57.6 Å². The predicted octanol–water partition coefficient (Wildman–Crippen LogP) is 4.10. The molecular formula is C35H39N5O6. The van der Waals surface area contributed by atoms with Gasteiger partial charge in [0, 0.05) is 44.3 Å². The van der Waals surface area contributed by atoms with Crippen LogP contribution in [0.2, 0.25) is 0 Å². The van der Waals surface area contributed by atoms with E-state index in [1.54, 1.807) is 11.1 Å². The first-order valence-corrected chi connectivity index (χ1v) is 15.7. The molecule has 3 heterocycles. The van der Waals surface area contributed by atoms with E-state index >= 15 is 0 Å². The Kier molecular flexibility index (Phi) is 8.77. The molecule has 3 aliphatic rings. The number of carbonyl (C=O) groups is 4. The molecule has 11 nitrogen and oxygen atoms in total. The van der Waals surface area contributed by atoms with Crippen LogP contribution >= 0.6 is 0 Å².